The van der Waals surface area contributed by atoms with E-state index in [0.29, 0.717) is 11.7 Å². The highest BCUT2D eigenvalue weighted by molar-refractivity contribution is 8.02. The molecule has 0 aliphatic rings. The summed E-state index contributed by atoms with van der Waals surface area (Å²) < 4.78 is 5.94. The van der Waals surface area contributed by atoms with Crippen LogP contribution in [0.5, 0.6) is 0 Å². The smallest absolute Gasteiger partial charge is 0.233 e. The lowest BCUT2D eigenvalue weighted by atomic mass is 10.2. The van der Waals surface area contributed by atoms with Crippen molar-refractivity contribution in [2.24, 2.45) is 0 Å². The summed E-state index contributed by atoms with van der Waals surface area (Å²) in [7, 11) is 0. The predicted molar refractivity (Wildman–Crippen MR) is 100 cm³/mol. The van der Waals surface area contributed by atoms with Crippen LogP contribution < -0.4 is 10.6 Å². The third-order valence-corrected chi connectivity index (χ3v) is 5.40. The Labute approximate surface area is 154 Å². The number of carbonyl (C=O) groups is 1. The summed E-state index contributed by atoms with van der Waals surface area (Å²) in [5.74, 6) is 0.663. The van der Waals surface area contributed by atoms with Gasteiger partial charge in [0.25, 0.3) is 0 Å². The minimum Gasteiger partial charge on any atom is -0.467 e. The molecule has 2 aromatic heterocycles. The minimum absolute atomic E-state index is 0.0651. The van der Waals surface area contributed by atoms with E-state index in [1.54, 1.807) is 12.3 Å². The largest absolute Gasteiger partial charge is 0.467 e. The molecule has 6 nitrogen and oxygen atoms in total. The van der Waals surface area contributed by atoms with Gasteiger partial charge in [-0.25, -0.2) is 0 Å². The van der Waals surface area contributed by atoms with Gasteiger partial charge in [-0.05, 0) is 38.1 Å². The molecule has 8 heteroatoms. The molecule has 130 valence electrons. The molecule has 0 aliphatic heterocycles. The van der Waals surface area contributed by atoms with Crippen LogP contribution in [0.25, 0.3) is 0 Å². The van der Waals surface area contributed by atoms with Crippen LogP contribution in [-0.2, 0) is 11.3 Å². The molecule has 2 heterocycles. The Morgan fingerprint density at radius 1 is 1.28 bits per heavy atom. The summed E-state index contributed by atoms with van der Waals surface area (Å²) in [6.45, 7) is 4.27. The highest BCUT2D eigenvalue weighted by atomic mass is 32.2. The Bertz CT molecular complexity index is 816. The van der Waals surface area contributed by atoms with Gasteiger partial charge in [0, 0.05) is 5.69 Å². The van der Waals surface area contributed by atoms with Crippen LogP contribution in [0.4, 0.5) is 10.8 Å². The summed E-state index contributed by atoms with van der Waals surface area (Å²) in [4.78, 5) is 12.1. The average molecular weight is 374 g/mol. The van der Waals surface area contributed by atoms with Crippen LogP contribution >= 0.6 is 23.1 Å². The molecule has 0 bridgehead atoms. The third kappa shape index (κ3) is 5.07. The van der Waals surface area contributed by atoms with Crippen LogP contribution in [-0.4, -0.2) is 21.4 Å². The zero-order valence-electron chi connectivity index (χ0n) is 13.9. The first kappa shape index (κ1) is 17.5. The lowest BCUT2D eigenvalue weighted by Gasteiger charge is -2.08. The average Bonchev–Trinajstić information content (AvgIpc) is 3.27. The van der Waals surface area contributed by atoms with E-state index in [1.165, 1.54) is 28.7 Å². The van der Waals surface area contributed by atoms with Crippen molar-refractivity contribution in [2.45, 2.75) is 30.0 Å². The van der Waals surface area contributed by atoms with E-state index >= 15 is 0 Å². The Balaban J connectivity index is 1.51. The Morgan fingerprint density at radius 3 is 2.80 bits per heavy atom. The maximum absolute atomic E-state index is 12.1. The van der Waals surface area contributed by atoms with Gasteiger partial charge in [0.1, 0.15) is 5.76 Å². The molecule has 0 unspecified atom stereocenters. The van der Waals surface area contributed by atoms with Gasteiger partial charge in [0.2, 0.25) is 11.0 Å². The van der Waals surface area contributed by atoms with Crippen molar-refractivity contribution < 1.29 is 9.21 Å². The fraction of sp³-hybridized carbons (Fsp3) is 0.235. The van der Waals surface area contributed by atoms with E-state index < -0.39 is 0 Å². The summed E-state index contributed by atoms with van der Waals surface area (Å²) in [5, 5.41) is 14.8. The van der Waals surface area contributed by atoms with E-state index in [2.05, 4.69) is 20.8 Å². The molecular weight excluding hydrogens is 356 g/mol. The molecule has 0 aliphatic carbocycles. The standard InChI is InChI=1S/C17H18N4O2S2/c1-11-5-7-13(8-6-11)19-16-20-21-17(25-16)24-12(2)15(22)18-10-14-4-3-9-23-14/h3-9,12H,10H2,1-2H3,(H,18,22)(H,19,20)/t12-/m1/s1. The Morgan fingerprint density at radius 2 is 2.08 bits per heavy atom. The number of amides is 1. The number of nitrogens with zero attached hydrogens (tertiary/aromatic N) is 2. The van der Waals surface area contributed by atoms with Crippen LogP contribution in [0.15, 0.2) is 51.4 Å². The molecule has 3 aromatic rings. The molecule has 0 saturated carbocycles. The number of furan rings is 1. The van der Waals surface area contributed by atoms with E-state index in [-0.39, 0.29) is 11.2 Å². The molecule has 1 atom stereocenters. The van der Waals surface area contributed by atoms with Crippen molar-refractivity contribution in [3.05, 3.63) is 54.0 Å². The number of aromatic nitrogens is 2. The monoisotopic (exact) mass is 374 g/mol. The van der Waals surface area contributed by atoms with Gasteiger partial charge in [0.15, 0.2) is 4.34 Å². The number of aryl methyl sites for hydroxylation is 1. The number of rotatable bonds is 7. The van der Waals surface area contributed by atoms with Crippen molar-refractivity contribution in [1.29, 1.82) is 0 Å². The SMILES string of the molecule is Cc1ccc(Nc2nnc(S[C@H](C)C(=O)NCc3ccco3)s2)cc1. The summed E-state index contributed by atoms with van der Waals surface area (Å²) in [5.41, 5.74) is 2.16. The molecule has 1 amide bonds. The minimum atomic E-state index is -0.268. The number of anilines is 2. The number of carbonyl (C=O) groups excluding carboxylic acids is 1. The number of hydrogen-bond acceptors (Lipinski definition) is 7. The zero-order chi connectivity index (χ0) is 17.6. The molecule has 3 rings (SSSR count). The maximum atomic E-state index is 12.1. The van der Waals surface area contributed by atoms with Gasteiger partial charge in [-0.15, -0.1) is 10.2 Å². The summed E-state index contributed by atoms with van der Waals surface area (Å²) in [6.07, 6.45) is 1.59. The van der Waals surface area contributed by atoms with Gasteiger partial charge >= 0.3 is 0 Å². The lowest BCUT2D eigenvalue weighted by molar-refractivity contribution is -0.120. The van der Waals surface area contributed by atoms with Crippen LogP contribution in [0.1, 0.15) is 18.2 Å². The highest BCUT2D eigenvalue weighted by Crippen LogP contribution is 2.30. The van der Waals surface area contributed by atoms with Crippen molar-refractivity contribution in [3.8, 4) is 0 Å². The predicted octanol–water partition coefficient (Wildman–Crippen LogP) is 3.98. The van der Waals surface area contributed by atoms with Gasteiger partial charge in [-0.1, -0.05) is 40.8 Å². The second-order valence-electron chi connectivity index (χ2n) is 5.42. The van der Waals surface area contributed by atoms with Crippen LogP contribution in [0.2, 0.25) is 0 Å². The first-order valence-corrected chi connectivity index (χ1v) is 9.44. The molecule has 0 spiro atoms. The fourth-order valence-corrected chi connectivity index (χ4v) is 3.94. The normalized spacial score (nSPS) is 11.9. The van der Waals surface area contributed by atoms with Crippen molar-refractivity contribution in [1.82, 2.24) is 15.5 Å². The molecule has 0 fully saturated rings. The van der Waals surface area contributed by atoms with Gasteiger partial charge < -0.3 is 15.1 Å². The molecule has 2 N–H and O–H groups in total. The molecule has 0 saturated heterocycles. The number of hydrogen-bond donors (Lipinski definition) is 2. The summed E-state index contributed by atoms with van der Waals surface area (Å²) >= 11 is 2.81. The van der Waals surface area contributed by atoms with Crippen LogP contribution in [0.3, 0.4) is 0 Å². The van der Waals surface area contributed by atoms with Crippen molar-refractivity contribution in [2.75, 3.05) is 5.32 Å². The number of benzene rings is 1. The van der Waals surface area contributed by atoms with Crippen molar-refractivity contribution >= 4 is 39.8 Å². The number of thioether (sulfide) groups is 1. The van der Waals surface area contributed by atoms with Gasteiger partial charge in [-0.3, -0.25) is 4.79 Å². The second kappa shape index (κ2) is 8.17. The molecular formula is C17H18N4O2S2. The van der Waals surface area contributed by atoms with E-state index in [0.717, 1.165) is 15.8 Å². The van der Waals surface area contributed by atoms with Crippen molar-refractivity contribution in [3.63, 3.8) is 0 Å². The van der Waals surface area contributed by atoms with E-state index in [1.807, 2.05) is 44.2 Å². The molecule has 1 aromatic carbocycles. The first-order valence-electron chi connectivity index (χ1n) is 7.74. The van der Waals surface area contributed by atoms with E-state index in [4.69, 9.17) is 4.42 Å². The topological polar surface area (TPSA) is 80.0 Å². The van der Waals surface area contributed by atoms with E-state index in [9.17, 15) is 4.79 Å². The number of nitrogens with one attached hydrogen (secondary N) is 2. The maximum Gasteiger partial charge on any atom is 0.233 e. The van der Waals surface area contributed by atoms with Gasteiger partial charge in [-0.2, -0.15) is 0 Å². The Hall–Kier alpha value is -2.32. The highest BCUT2D eigenvalue weighted by Gasteiger charge is 2.17. The lowest BCUT2D eigenvalue weighted by Crippen LogP contribution is -2.30. The summed E-state index contributed by atoms with van der Waals surface area (Å²) in [6, 6.07) is 11.7. The third-order valence-electron chi connectivity index (χ3n) is 3.37. The first-order chi connectivity index (χ1) is 12.1. The fourth-order valence-electron chi connectivity index (χ4n) is 2.00. The second-order valence-corrected chi connectivity index (χ2v) is 7.99. The molecule has 25 heavy (non-hydrogen) atoms. The quantitative estimate of drug-likeness (QED) is 0.609. The Kier molecular flexibility index (Phi) is 5.72. The zero-order valence-corrected chi connectivity index (χ0v) is 15.5. The van der Waals surface area contributed by atoms with Crippen LogP contribution in [0, 0.1) is 6.92 Å². The molecule has 0 radical (unpaired) electrons. The van der Waals surface area contributed by atoms with Gasteiger partial charge in [0.05, 0.1) is 18.1 Å².